The molecule has 9 nitrogen and oxygen atoms in total. The van der Waals surface area contributed by atoms with E-state index in [9.17, 15) is 24.3 Å². The van der Waals surface area contributed by atoms with Gasteiger partial charge in [-0.3, -0.25) is 14.4 Å². The number of hydrogen-bond donors (Lipinski definition) is 6. The van der Waals surface area contributed by atoms with Gasteiger partial charge in [0, 0.05) is 5.75 Å². The number of thiol groups is 1. The molecule has 3 amide bonds. The maximum Gasteiger partial charge on any atom is 0.326 e. The molecule has 0 aromatic carbocycles. The number of carbonyl (C=O) groups excluding carboxylic acids is 3. The normalized spacial score (nSPS) is 16.4. The fourth-order valence-electron chi connectivity index (χ4n) is 2.23. The van der Waals surface area contributed by atoms with Crippen molar-refractivity contribution in [3.63, 3.8) is 0 Å². The molecule has 0 saturated heterocycles. The van der Waals surface area contributed by atoms with E-state index in [1.54, 1.807) is 13.8 Å². The molecule has 0 spiro atoms. The minimum atomic E-state index is -1.13. The van der Waals surface area contributed by atoms with Crippen LogP contribution in [0.4, 0.5) is 0 Å². The van der Waals surface area contributed by atoms with Crippen LogP contribution in [0.3, 0.4) is 0 Å². The van der Waals surface area contributed by atoms with E-state index >= 15 is 0 Å². The Morgan fingerprint density at radius 2 is 1.48 bits per heavy atom. The van der Waals surface area contributed by atoms with Gasteiger partial charge in [0.1, 0.15) is 12.1 Å². The van der Waals surface area contributed by atoms with Gasteiger partial charge in [0.05, 0.1) is 12.6 Å². The summed E-state index contributed by atoms with van der Waals surface area (Å²) in [5.41, 5.74) is 5.51. The molecule has 27 heavy (non-hydrogen) atoms. The van der Waals surface area contributed by atoms with Crippen molar-refractivity contribution in [1.29, 1.82) is 0 Å². The lowest BCUT2D eigenvalue weighted by atomic mass is 9.95. The molecule has 0 aromatic heterocycles. The van der Waals surface area contributed by atoms with Crippen molar-refractivity contribution in [3.8, 4) is 0 Å². The molecule has 6 N–H and O–H groups in total. The maximum atomic E-state index is 12.6. The van der Waals surface area contributed by atoms with E-state index in [0.29, 0.717) is 12.8 Å². The highest BCUT2D eigenvalue weighted by atomic mass is 32.1. The van der Waals surface area contributed by atoms with Crippen LogP contribution in [0.15, 0.2) is 0 Å². The van der Waals surface area contributed by atoms with E-state index in [0.717, 1.165) is 0 Å². The number of carboxylic acid groups (broad SMARTS) is 1. The first-order chi connectivity index (χ1) is 12.6. The van der Waals surface area contributed by atoms with Gasteiger partial charge in [0.25, 0.3) is 0 Å². The van der Waals surface area contributed by atoms with Crippen LogP contribution in [-0.4, -0.2) is 59.2 Å². The van der Waals surface area contributed by atoms with Crippen LogP contribution in [0.2, 0.25) is 0 Å². The van der Waals surface area contributed by atoms with Gasteiger partial charge in [-0.05, 0) is 11.8 Å². The van der Waals surface area contributed by atoms with Gasteiger partial charge in [-0.15, -0.1) is 0 Å². The fourth-order valence-corrected chi connectivity index (χ4v) is 2.40. The van der Waals surface area contributed by atoms with Gasteiger partial charge in [-0.2, -0.15) is 12.6 Å². The minimum Gasteiger partial charge on any atom is -0.480 e. The second-order valence-electron chi connectivity index (χ2n) is 6.65. The number of hydrogen-bond acceptors (Lipinski definition) is 6. The highest BCUT2D eigenvalue weighted by Crippen LogP contribution is 2.12. The zero-order valence-corrected chi connectivity index (χ0v) is 17.2. The number of nitrogens with two attached hydrogens (primary N) is 1. The Morgan fingerprint density at radius 1 is 0.963 bits per heavy atom. The van der Waals surface area contributed by atoms with Crippen molar-refractivity contribution >= 4 is 36.3 Å². The fraction of sp³-hybridized carbons (Fsp3) is 0.765. The van der Waals surface area contributed by atoms with Crippen LogP contribution in [0.5, 0.6) is 0 Å². The summed E-state index contributed by atoms with van der Waals surface area (Å²) in [5, 5.41) is 16.8. The predicted molar refractivity (Wildman–Crippen MR) is 105 cm³/mol. The molecule has 0 aliphatic rings. The van der Waals surface area contributed by atoms with Gasteiger partial charge in [0.15, 0.2) is 0 Å². The summed E-state index contributed by atoms with van der Waals surface area (Å²) in [4.78, 5) is 47.8. The van der Waals surface area contributed by atoms with Crippen molar-refractivity contribution in [3.05, 3.63) is 0 Å². The Kier molecular flexibility index (Phi) is 11.7. The van der Waals surface area contributed by atoms with Gasteiger partial charge >= 0.3 is 5.97 Å². The number of carbonyl (C=O) groups is 4. The van der Waals surface area contributed by atoms with E-state index in [-0.39, 0.29) is 24.1 Å². The zero-order valence-electron chi connectivity index (χ0n) is 16.3. The number of amides is 3. The molecule has 0 aliphatic carbocycles. The Morgan fingerprint density at radius 3 is 1.93 bits per heavy atom. The lowest BCUT2D eigenvalue weighted by Gasteiger charge is -2.27. The van der Waals surface area contributed by atoms with Crippen molar-refractivity contribution in [2.75, 3.05) is 12.3 Å². The number of aliphatic carboxylic acids is 1. The minimum absolute atomic E-state index is 0.136. The van der Waals surface area contributed by atoms with E-state index in [1.165, 1.54) is 0 Å². The topological polar surface area (TPSA) is 151 Å². The molecule has 0 aliphatic heterocycles. The third-order valence-corrected chi connectivity index (χ3v) is 4.94. The Bertz CT molecular complexity index is 531. The van der Waals surface area contributed by atoms with Crippen LogP contribution < -0.4 is 21.7 Å². The second kappa shape index (κ2) is 12.6. The average Bonchev–Trinajstić information content (AvgIpc) is 2.65. The molecule has 0 saturated carbocycles. The lowest BCUT2D eigenvalue weighted by molar-refractivity contribution is -0.144. The van der Waals surface area contributed by atoms with E-state index < -0.39 is 41.8 Å². The molecule has 0 fully saturated rings. The smallest absolute Gasteiger partial charge is 0.326 e. The molecule has 0 bridgehead atoms. The quantitative estimate of drug-likeness (QED) is 0.242. The third-order valence-electron chi connectivity index (χ3n) is 4.55. The molecular formula is C17H32N4O5S. The molecule has 0 radical (unpaired) electrons. The first-order valence-electron chi connectivity index (χ1n) is 9.05. The summed E-state index contributed by atoms with van der Waals surface area (Å²) in [7, 11) is 0. The third kappa shape index (κ3) is 8.61. The van der Waals surface area contributed by atoms with Crippen molar-refractivity contribution < 1.29 is 24.3 Å². The van der Waals surface area contributed by atoms with E-state index in [2.05, 4.69) is 28.6 Å². The SMILES string of the molecule is CCC(C)C(NC(=O)C(NC(=O)CNC(=O)C(N)CS)C(C)CC)C(=O)O. The highest BCUT2D eigenvalue weighted by Gasteiger charge is 2.31. The first-order valence-corrected chi connectivity index (χ1v) is 9.68. The number of rotatable bonds is 12. The Labute approximate surface area is 165 Å². The molecule has 10 heteroatoms. The molecule has 156 valence electrons. The van der Waals surface area contributed by atoms with Gasteiger partial charge in [-0.25, -0.2) is 4.79 Å². The summed E-state index contributed by atoms with van der Waals surface area (Å²) < 4.78 is 0. The number of nitrogens with one attached hydrogen (secondary N) is 3. The summed E-state index contributed by atoms with van der Waals surface area (Å²) in [5.74, 6) is -3.13. The van der Waals surface area contributed by atoms with Crippen molar-refractivity contribution in [2.45, 2.75) is 58.7 Å². The molecular weight excluding hydrogens is 372 g/mol. The van der Waals surface area contributed by atoms with Crippen LogP contribution in [0, 0.1) is 11.8 Å². The highest BCUT2D eigenvalue weighted by molar-refractivity contribution is 7.80. The van der Waals surface area contributed by atoms with Crippen LogP contribution in [0.1, 0.15) is 40.5 Å². The maximum absolute atomic E-state index is 12.6. The summed E-state index contributed by atoms with van der Waals surface area (Å²) in [6.45, 7) is 6.86. The predicted octanol–water partition coefficient (Wildman–Crippen LogP) is -0.494. The number of carboxylic acids is 1. The summed E-state index contributed by atoms with van der Waals surface area (Å²) in [6.07, 6.45) is 1.17. The summed E-state index contributed by atoms with van der Waals surface area (Å²) >= 11 is 3.91. The van der Waals surface area contributed by atoms with Crippen LogP contribution >= 0.6 is 12.6 Å². The average molecular weight is 405 g/mol. The van der Waals surface area contributed by atoms with Gasteiger partial charge in [0.2, 0.25) is 17.7 Å². The van der Waals surface area contributed by atoms with Crippen LogP contribution in [0.25, 0.3) is 0 Å². The molecule has 0 aromatic rings. The van der Waals surface area contributed by atoms with E-state index in [1.807, 2.05) is 13.8 Å². The van der Waals surface area contributed by atoms with Gasteiger partial charge in [-0.1, -0.05) is 40.5 Å². The molecule has 5 unspecified atom stereocenters. The van der Waals surface area contributed by atoms with Crippen molar-refractivity contribution in [1.82, 2.24) is 16.0 Å². The molecule has 0 rings (SSSR count). The van der Waals surface area contributed by atoms with Gasteiger partial charge < -0.3 is 26.8 Å². The lowest BCUT2D eigenvalue weighted by Crippen LogP contribution is -2.57. The Hall–Kier alpha value is -1.81. The van der Waals surface area contributed by atoms with E-state index in [4.69, 9.17) is 5.73 Å². The zero-order chi connectivity index (χ0) is 21.1. The first kappa shape index (κ1) is 25.2. The van der Waals surface area contributed by atoms with Crippen LogP contribution in [-0.2, 0) is 19.2 Å². The monoisotopic (exact) mass is 404 g/mol. The Balaban J connectivity index is 5.01. The largest absolute Gasteiger partial charge is 0.480 e. The van der Waals surface area contributed by atoms with Crippen molar-refractivity contribution in [2.24, 2.45) is 17.6 Å². The summed E-state index contributed by atoms with van der Waals surface area (Å²) in [6, 6.07) is -2.79. The molecule has 5 atom stereocenters. The second-order valence-corrected chi connectivity index (χ2v) is 7.01. The molecule has 0 heterocycles. The standard InChI is InChI=1S/C17H32N4O5S/c1-5-9(3)13(16(24)21-14(17(25)26)10(4)6-2)20-12(22)7-19-15(23)11(18)8-27/h9-11,13-14,27H,5-8,18H2,1-4H3,(H,19,23)(H,20,22)(H,21,24)(H,25,26).